The molecule has 0 aliphatic carbocycles. The van der Waals surface area contributed by atoms with E-state index in [1.807, 2.05) is 19.1 Å². The summed E-state index contributed by atoms with van der Waals surface area (Å²) < 4.78 is 11.2. The summed E-state index contributed by atoms with van der Waals surface area (Å²) in [4.78, 5) is 2.43. The van der Waals surface area contributed by atoms with E-state index in [-0.39, 0.29) is 6.10 Å². The first-order chi connectivity index (χ1) is 10.1. The fraction of sp³-hybridized carbons (Fsp3) is 0.625. The number of ether oxygens (including phenoxy) is 2. The minimum absolute atomic E-state index is 0.251. The average molecular weight is 312 g/mol. The van der Waals surface area contributed by atoms with E-state index in [0.29, 0.717) is 30.0 Å². The topological polar surface area (TPSA) is 41.9 Å². The quantitative estimate of drug-likeness (QED) is 0.928. The standard InChI is InChI=1S/C16H22ClNO3/c1-11(19)7-13-3-2-4-18(13)10-12-8-14(17)16-15(9-12)20-5-6-21-16/h8-9,11,13,19H,2-7,10H2,1H3. The summed E-state index contributed by atoms with van der Waals surface area (Å²) in [5, 5.41) is 10.2. The van der Waals surface area contributed by atoms with Crippen LogP contribution in [0.4, 0.5) is 0 Å². The highest BCUT2D eigenvalue weighted by molar-refractivity contribution is 6.32. The summed E-state index contributed by atoms with van der Waals surface area (Å²) in [6.45, 7) is 4.89. The van der Waals surface area contributed by atoms with Crippen molar-refractivity contribution >= 4 is 11.6 Å². The molecule has 2 heterocycles. The van der Waals surface area contributed by atoms with Crippen molar-refractivity contribution in [1.29, 1.82) is 0 Å². The molecule has 1 aromatic carbocycles. The van der Waals surface area contributed by atoms with Gasteiger partial charge in [0.1, 0.15) is 13.2 Å². The van der Waals surface area contributed by atoms with Gasteiger partial charge >= 0.3 is 0 Å². The zero-order chi connectivity index (χ0) is 14.8. The van der Waals surface area contributed by atoms with E-state index < -0.39 is 0 Å². The second-order valence-electron chi connectivity index (χ2n) is 5.95. The van der Waals surface area contributed by atoms with Crippen LogP contribution in [0.15, 0.2) is 12.1 Å². The van der Waals surface area contributed by atoms with Crippen LogP contribution in [0.25, 0.3) is 0 Å². The van der Waals surface area contributed by atoms with Crippen LogP contribution in [0.3, 0.4) is 0 Å². The first-order valence-corrected chi connectivity index (χ1v) is 8.01. The SMILES string of the molecule is CC(O)CC1CCCN1Cc1cc(Cl)c2c(c1)OCCO2. The summed E-state index contributed by atoms with van der Waals surface area (Å²) in [6, 6.07) is 4.45. The zero-order valence-corrected chi connectivity index (χ0v) is 13.1. The van der Waals surface area contributed by atoms with Crippen molar-refractivity contribution in [2.24, 2.45) is 0 Å². The van der Waals surface area contributed by atoms with Gasteiger partial charge in [-0.3, -0.25) is 4.90 Å². The molecule has 0 spiro atoms. The van der Waals surface area contributed by atoms with Crippen molar-refractivity contribution in [3.05, 3.63) is 22.7 Å². The molecule has 0 aromatic heterocycles. The van der Waals surface area contributed by atoms with Gasteiger partial charge in [-0.25, -0.2) is 0 Å². The zero-order valence-electron chi connectivity index (χ0n) is 12.3. The van der Waals surface area contributed by atoms with Crippen molar-refractivity contribution in [3.63, 3.8) is 0 Å². The van der Waals surface area contributed by atoms with Crippen molar-refractivity contribution in [2.75, 3.05) is 19.8 Å². The van der Waals surface area contributed by atoms with E-state index in [1.165, 1.54) is 6.42 Å². The minimum Gasteiger partial charge on any atom is -0.486 e. The lowest BCUT2D eigenvalue weighted by Gasteiger charge is -2.26. The Morgan fingerprint density at radius 1 is 1.38 bits per heavy atom. The van der Waals surface area contributed by atoms with E-state index in [1.54, 1.807) is 0 Å². The van der Waals surface area contributed by atoms with Crippen LogP contribution in [-0.2, 0) is 6.54 Å². The average Bonchev–Trinajstić information content (AvgIpc) is 2.85. The number of nitrogens with zero attached hydrogens (tertiary/aromatic N) is 1. The van der Waals surface area contributed by atoms with Crippen LogP contribution in [0, 0.1) is 0 Å². The molecule has 1 aromatic rings. The van der Waals surface area contributed by atoms with Crippen molar-refractivity contribution in [3.8, 4) is 11.5 Å². The maximum atomic E-state index is 9.61. The molecule has 0 radical (unpaired) electrons. The highest BCUT2D eigenvalue weighted by Crippen LogP contribution is 2.39. The molecule has 1 fully saturated rings. The third-order valence-corrected chi connectivity index (χ3v) is 4.44. The van der Waals surface area contributed by atoms with Gasteiger partial charge in [0.05, 0.1) is 11.1 Å². The molecule has 116 valence electrons. The summed E-state index contributed by atoms with van der Waals surface area (Å²) in [6.07, 6.45) is 2.93. The minimum atomic E-state index is -0.251. The molecule has 4 nitrogen and oxygen atoms in total. The van der Waals surface area contributed by atoms with E-state index in [0.717, 1.165) is 37.2 Å². The molecule has 0 amide bonds. The number of likely N-dealkylation sites (tertiary alicyclic amines) is 1. The lowest BCUT2D eigenvalue weighted by Crippen LogP contribution is -2.31. The van der Waals surface area contributed by atoms with Gasteiger partial charge in [0, 0.05) is 12.6 Å². The van der Waals surface area contributed by atoms with Crippen molar-refractivity contribution in [2.45, 2.75) is 44.9 Å². The summed E-state index contributed by atoms with van der Waals surface area (Å²) >= 11 is 6.29. The van der Waals surface area contributed by atoms with Gasteiger partial charge in [0.15, 0.2) is 11.5 Å². The van der Waals surface area contributed by atoms with Crippen LogP contribution in [0.2, 0.25) is 5.02 Å². The first kappa shape index (κ1) is 14.9. The molecule has 1 N–H and O–H groups in total. The Hall–Kier alpha value is -0.970. The number of hydrogen-bond donors (Lipinski definition) is 1. The molecular weight excluding hydrogens is 290 g/mol. The number of halogens is 1. The second-order valence-corrected chi connectivity index (χ2v) is 6.36. The maximum absolute atomic E-state index is 9.61. The van der Waals surface area contributed by atoms with E-state index in [2.05, 4.69) is 4.90 Å². The Labute approximate surface area is 130 Å². The summed E-state index contributed by atoms with van der Waals surface area (Å²) in [5.74, 6) is 1.41. The van der Waals surface area contributed by atoms with E-state index >= 15 is 0 Å². The Morgan fingerprint density at radius 3 is 3.00 bits per heavy atom. The molecule has 2 aliphatic rings. The largest absolute Gasteiger partial charge is 0.486 e. The second kappa shape index (κ2) is 6.42. The lowest BCUT2D eigenvalue weighted by molar-refractivity contribution is 0.130. The van der Waals surface area contributed by atoms with Gasteiger partial charge in [0.25, 0.3) is 0 Å². The number of benzene rings is 1. The highest BCUT2D eigenvalue weighted by Gasteiger charge is 2.26. The third-order valence-electron chi connectivity index (χ3n) is 4.15. The van der Waals surface area contributed by atoms with Crippen molar-refractivity contribution < 1.29 is 14.6 Å². The predicted octanol–water partition coefficient (Wildman–Crippen LogP) is 2.85. The molecular formula is C16H22ClNO3. The van der Waals surface area contributed by atoms with Crippen LogP contribution < -0.4 is 9.47 Å². The van der Waals surface area contributed by atoms with E-state index in [4.69, 9.17) is 21.1 Å². The normalized spacial score (nSPS) is 23.3. The van der Waals surface area contributed by atoms with Gasteiger partial charge in [0.2, 0.25) is 0 Å². The van der Waals surface area contributed by atoms with E-state index in [9.17, 15) is 5.11 Å². The number of fused-ring (bicyclic) bond motifs is 1. The van der Waals surface area contributed by atoms with Crippen LogP contribution in [-0.4, -0.2) is 41.9 Å². The van der Waals surface area contributed by atoms with Crippen LogP contribution in [0.1, 0.15) is 31.7 Å². The van der Waals surface area contributed by atoms with Crippen LogP contribution >= 0.6 is 11.6 Å². The van der Waals surface area contributed by atoms with Gasteiger partial charge in [-0.15, -0.1) is 0 Å². The van der Waals surface area contributed by atoms with Gasteiger partial charge in [-0.1, -0.05) is 11.6 Å². The Morgan fingerprint density at radius 2 is 2.19 bits per heavy atom. The molecule has 0 saturated carbocycles. The first-order valence-electron chi connectivity index (χ1n) is 7.63. The molecule has 5 heteroatoms. The molecule has 1 saturated heterocycles. The summed E-state index contributed by atoms with van der Waals surface area (Å²) in [7, 11) is 0. The van der Waals surface area contributed by atoms with Gasteiger partial charge in [-0.05, 0) is 50.4 Å². The predicted molar refractivity (Wildman–Crippen MR) is 82.2 cm³/mol. The van der Waals surface area contributed by atoms with Crippen LogP contribution in [0.5, 0.6) is 11.5 Å². The number of hydrogen-bond acceptors (Lipinski definition) is 4. The summed E-state index contributed by atoms with van der Waals surface area (Å²) in [5.41, 5.74) is 1.14. The monoisotopic (exact) mass is 311 g/mol. The molecule has 21 heavy (non-hydrogen) atoms. The third kappa shape index (κ3) is 3.44. The molecule has 2 aliphatic heterocycles. The number of aliphatic hydroxyl groups excluding tert-OH is 1. The highest BCUT2D eigenvalue weighted by atomic mass is 35.5. The number of aliphatic hydroxyl groups is 1. The Kier molecular flexibility index (Phi) is 4.57. The maximum Gasteiger partial charge on any atom is 0.179 e. The smallest absolute Gasteiger partial charge is 0.179 e. The Bertz CT molecular complexity index is 507. The molecule has 2 atom stereocenters. The fourth-order valence-electron chi connectivity index (χ4n) is 3.25. The molecule has 2 unspecified atom stereocenters. The van der Waals surface area contributed by atoms with Gasteiger partial charge in [-0.2, -0.15) is 0 Å². The molecule has 0 bridgehead atoms. The Balaban J connectivity index is 1.74. The van der Waals surface area contributed by atoms with Crippen molar-refractivity contribution in [1.82, 2.24) is 4.90 Å². The number of rotatable bonds is 4. The van der Waals surface area contributed by atoms with Gasteiger partial charge < -0.3 is 14.6 Å². The lowest BCUT2D eigenvalue weighted by atomic mass is 10.1. The fourth-order valence-corrected chi connectivity index (χ4v) is 3.54. The molecule has 3 rings (SSSR count).